The van der Waals surface area contributed by atoms with Crippen LogP contribution >= 0.6 is 0 Å². The fourth-order valence-electron chi connectivity index (χ4n) is 0. The van der Waals surface area contributed by atoms with Crippen LogP contribution in [0.1, 0.15) is 0 Å². The first-order valence-corrected chi connectivity index (χ1v) is 1.11. The van der Waals surface area contributed by atoms with E-state index in [1.165, 1.54) is 0 Å². The number of carbonyl (C=O) groups is 1. The van der Waals surface area contributed by atoms with E-state index in [1.807, 2.05) is 0 Å². The van der Waals surface area contributed by atoms with Crippen LogP contribution in [0.2, 0.25) is 0 Å². The van der Waals surface area contributed by atoms with Crippen LogP contribution in [0, 0.1) is 0 Å². The first kappa shape index (κ1) is 5.49. The van der Waals surface area contributed by atoms with Crippen LogP contribution in [0.5, 0.6) is 0 Å². The zero-order valence-electron chi connectivity index (χ0n) is 2.65. The molecule has 0 amide bonds. The summed E-state index contributed by atoms with van der Waals surface area (Å²) in [6.07, 6.45) is -5.34. The van der Waals surface area contributed by atoms with Crippen molar-refractivity contribution in [2.24, 2.45) is 0 Å². The summed E-state index contributed by atoms with van der Waals surface area (Å²) in [5, 5.41) is 8.77. The summed E-state index contributed by atoms with van der Waals surface area (Å²) < 4.78 is 21.1. The van der Waals surface area contributed by atoms with Gasteiger partial charge in [0.1, 0.15) is 0 Å². The van der Waals surface area contributed by atoms with Crippen LogP contribution in [-0.4, -0.2) is 12.4 Å². The zero-order chi connectivity index (χ0) is 5.21. The largest absolute Gasteiger partial charge is 0.438 e. The molecule has 0 aliphatic carbocycles. The summed E-state index contributed by atoms with van der Waals surface area (Å²) in [5.41, 5.74) is 0. The molecule has 0 N–H and O–H groups in total. The molecule has 0 aliphatic heterocycles. The lowest BCUT2D eigenvalue weighted by Gasteiger charge is -1.87. The van der Waals surface area contributed by atoms with Gasteiger partial charge in [0.2, 0.25) is 6.29 Å². The number of aldehydes is 1. The highest BCUT2D eigenvalue weighted by Gasteiger charge is 2.24. The SMILES string of the molecule is [O]C(F)(F)C=O. The Kier molecular flexibility index (Phi) is 1.19. The summed E-state index contributed by atoms with van der Waals surface area (Å²) in [6, 6.07) is 0. The van der Waals surface area contributed by atoms with Crippen molar-refractivity contribution in [3.8, 4) is 0 Å². The topological polar surface area (TPSA) is 37.0 Å². The highest BCUT2D eigenvalue weighted by atomic mass is 19.3. The van der Waals surface area contributed by atoms with E-state index in [-0.39, 0.29) is 0 Å². The number of halogens is 2. The van der Waals surface area contributed by atoms with Gasteiger partial charge in [-0.05, 0) is 0 Å². The van der Waals surface area contributed by atoms with Gasteiger partial charge in [-0.25, -0.2) is 0 Å². The maximum absolute atomic E-state index is 10.5. The molecule has 0 aromatic rings. The molecule has 0 heterocycles. The number of alkyl halides is 2. The Hall–Kier alpha value is -0.510. The monoisotopic (exact) mass is 95.0 g/mol. The Balaban J connectivity index is 3.45. The van der Waals surface area contributed by atoms with E-state index >= 15 is 0 Å². The van der Waals surface area contributed by atoms with Gasteiger partial charge in [0.05, 0.1) is 0 Å². The van der Waals surface area contributed by atoms with Gasteiger partial charge in [0, 0.05) is 0 Å². The molecule has 0 bridgehead atoms. The van der Waals surface area contributed by atoms with Gasteiger partial charge in [0.15, 0.2) is 0 Å². The second-order valence-electron chi connectivity index (χ2n) is 0.680. The van der Waals surface area contributed by atoms with Gasteiger partial charge in [-0.2, -0.15) is 8.78 Å². The van der Waals surface area contributed by atoms with Crippen LogP contribution < -0.4 is 0 Å². The Labute approximate surface area is 32.4 Å². The molecule has 0 atom stereocenters. The predicted molar refractivity (Wildman–Crippen MR) is 11.7 cm³/mol. The summed E-state index contributed by atoms with van der Waals surface area (Å²) in [7, 11) is 0. The molecule has 0 unspecified atom stereocenters. The van der Waals surface area contributed by atoms with Crippen molar-refractivity contribution in [1.82, 2.24) is 0 Å². The molecule has 0 fully saturated rings. The first-order chi connectivity index (χ1) is 2.56. The lowest BCUT2D eigenvalue weighted by Crippen LogP contribution is -2.12. The summed E-state index contributed by atoms with van der Waals surface area (Å²) in [4.78, 5) is 8.76. The average molecular weight is 95.0 g/mol. The Morgan fingerprint density at radius 1 is 1.50 bits per heavy atom. The third-order valence-electron chi connectivity index (χ3n) is 0.137. The maximum Gasteiger partial charge on any atom is 0.438 e. The van der Waals surface area contributed by atoms with Crippen molar-refractivity contribution in [1.29, 1.82) is 0 Å². The molecule has 2 nitrogen and oxygen atoms in total. The van der Waals surface area contributed by atoms with E-state index in [0.717, 1.165) is 0 Å². The lowest BCUT2D eigenvalue weighted by atomic mass is 10.7. The highest BCUT2D eigenvalue weighted by molar-refractivity contribution is 5.56. The minimum absolute atomic E-state index is 0.951. The minimum Gasteiger partial charge on any atom is -0.294 e. The number of carbonyl (C=O) groups excluding carboxylic acids is 1. The van der Waals surface area contributed by atoms with Crippen molar-refractivity contribution in [2.75, 3.05) is 0 Å². The quantitative estimate of drug-likeness (QED) is 0.429. The van der Waals surface area contributed by atoms with Gasteiger partial charge in [-0.3, -0.25) is 4.79 Å². The standard InChI is InChI=1S/C2HF2O2/c3-2(4,6)1-5/h1H. The van der Waals surface area contributed by atoms with E-state index in [1.54, 1.807) is 0 Å². The molecule has 4 heteroatoms. The molecular formula is C2HF2O2. The van der Waals surface area contributed by atoms with Gasteiger partial charge >= 0.3 is 6.11 Å². The third-order valence-corrected chi connectivity index (χ3v) is 0.137. The molecule has 0 saturated carbocycles. The predicted octanol–water partition coefficient (Wildman–Crippen LogP) is 0.209. The zero-order valence-corrected chi connectivity index (χ0v) is 2.65. The average Bonchev–Trinajstić information content (AvgIpc) is 1.35. The molecule has 0 saturated heterocycles. The molecule has 6 heavy (non-hydrogen) atoms. The van der Waals surface area contributed by atoms with Crippen LogP contribution in [0.3, 0.4) is 0 Å². The van der Waals surface area contributed by atoms with Crippen molar-refractivity contribution < 1.29 is 18.7 Å². The lowest BCUT2D eigenvalue weighted by molar-refractivity contribution is -0.219. The minimum atomic E-state index is -4.39. The molecular weight excluding hydrogens is 94.0 g/mol. The summed E-state index contributed by atoms with van der Waals surface area (Å²) >= 11 is 0. The van der Waals surface area contributed by atoms with E-state index in [2.05, 4.69) is 0 Å². The molecule has 0 aromatic heterocycles. The van der Waals surface area contributed by atoms with Crippen molar-refractivity contribution in [3.63, 3.8) is 0 Å². The molecule has 0 spiro atoms. The molecule has 0 aliphatic rings. The fourth-order valence-corrected chi connectivity index (χ4v) is 0. The second kappa shape index (κ2) is 1.30. The van der Waals surface area contributed by atoms with Gasteiger partial charge in [0.25, 0.3) is 0 Å². The number of rotatable bonds is 1. The van der Waals surface area contributed by atoms with Gasteiger partial charge in [-0.15, -0.1) is 5.11 Å². The molecule has 0 aromatic carbocycles. The van der Waals surface area contributed by atoms with E-state index in [9.17, 15) is 8.78 Å². The van der Waals surface area contributed by atoms with E-state index in [0.29, 0.717) is 0 Å². The van der Waals surface area contributed by atoms with Crippen LogP contribution in [0.15, 0.2) is 0 Å². The smallest absolute Gasteiger partial charge is 0.294 e. The Morgan fingerprint density at radius 3 is 1.67 bits per heavy atom. The fraction of sp³-hybridized carbons (Fsp3) is 0.500. The van der Waals surface area contributed by atoms with E-state index in [4.69, 9.17) is 9.90 Å². The van der Waals surface area contributed by atoms with Crippen molar-refractivity contribution >= 4 is 6.29 Å². The maximum atomic E-state index is 10.5. The summed E-state index contributed by atoms with van der Waals surface area (Å²) in [5.74, 6) is 0. The van der Waals surface area contributed by atoms with Gasteiger partial charge in [-0.1, -0.05) is 0 Å². The highest BCUT2D eigenvalue weighted by Crippen LogP contribution is 2.01. The number of hydrogen-bond acceptors (Lipinski definition) is 1. The van der Waals surface area contributed by atoms with Crippen LogP contribution in [-0.2, 0) is 9.90 Å². The molecule has 0 rings (SSSR count). The van der Waals surface area contributed by atoms with Crippen LogP contribution in [0.25, 0.3) is 0 Å². The van der Waals surface area contributed by atoms with E-state index < -0.39 is 12.4 Å². The van der Waals surface area contributed by atoms with Crippen LogP contribution in [0.4, 0.5) is 8.78 Å². The third kappa shape index (κ3) is 3.49. The van der Waals surface area contributed by atoms with Crippen molar-refractivity contribution in [3.05, 3.63) is 0 Å². The van der Waals surface area contributed by atoms with Gasteiger partial charge < -0.3 is 0 Å². The Morgan fingerprint density at radius 2 is 1.67 bits per heavy atom. The summed E-state index contributed by atoms with van der Waals surface area (Å²) in [6.45, 7) is 0. The number of hydrogen-bond donors (Lipinski definition) is 0. The Bertz CT molecular complexity index is 55.1. The molecule has 1 radical (unpaired) electrons. The first-order valence-electron chi connectivity index (χ1n) is 1.11. The normalized spacial score (nSPS) is 11.2. The van der Waals surface area contributed by atoms with Crippen molar-refractivity contribution in [2.45, 2.75) is 6.11 Å². The molecule has 35 valence electrons. The second-order valence-corrected chi connectivity index (χ2v) is 0.680.